The van der Waals surface area contributed by atoms with E-state index in [9.17, 15) is 19.5 Å². The van der Waals surface area contributed by atoms with E-state index in [1.165, 1.54) is 4.90 Å². The van der Waals surface area contributed by atoms with E-state index >= 15 is 0 Å². The summed E-state index contributed by atoms with van der Waals surface area (Å²) in [5.41, 5.74) is 1.06. The van der Waals surface area contributed by atoms with Crippen molar-refractivity contribution in [3.8, 4) is 0 Å². The number of nitrogens with one attached hydrogen (secondary N) is 2. The Labute approximate surface area is 147 Å². The van der Waals surface area contributed by atoms with Gasteiger partial charge < -0.3 is 20.5 Å². The van der Waals surface area contributed by atoms with Crippen LogP contribution in [0.3, 0.4) is 0 Å². The molecule has 0 aromatic heterocycles. The number of carboxylic acid groups (broad SMARTS) is 1. The minimum atomic E-state index is -1.34. The summed E-state index contributed by atoms with van der Waals surface area (Å²) >= 11 is 0. The van der Waals surface area contributed by atoms with Crippen molar-refractivity contribution < 1.29 is 19.5 Å². The number of anilines is 2. The Balaban J connectivity index is 2.36. The Kier molecular flexibility index (Phi) is 5.66. The quantitative estimate of drug-likeness (QED) is 0.840. The van der Waals surface area contributed by atoms with Crippen LogP contribution in [0.4, 0.5) is 16.2 Å². The Morgan fingerprint density at radius 2 is 1.88 bits per heavy atom. The maximum absolute atomic E-state index is 12.9. The molecule has 0 saturated heterocycles. The van der Waals surface area contributed by atoms with Crippen molar-refractivity contribution in [1.29, 1.82) is 0 Å². The van der Waals surface area contributed by atoms with Gasteiger partial charge in [0.15, 0.2) is 0 Å². The first-order valence-corrected chi connectivity index (χ1v) is 8.42. The van der Waals surface area contributed by atoms with E-state index in [-0.39, 0.29) is 24.2 Å². The summed E-state index contributed by atoms with van der Waals surface area (Å²) in [5, 5.41) is 16.7. The average Bonchev–Trinajstić information content (AvgIpc) is 2.51. The molecular formula is C18H24N3O4-. The average molecular weight is 346 g/mol. The van der Waals surface area contributed by atoms with Crippen molar-refractivity contribution in [3.63, 3.8) is 0 Å². The zero-order valence-electron chi connectivity index (χ0n) is 14.9. The number of carbonyl (C=O) groups is 3. The molecule has 2 atom stereocenters. The highest BCUT2D eigenvalue weighted by Gasteiger charge is 2.39. The third-order valence-electron chi connectivity index (χ3n) is 4.11. The molecule has 0 saturated carbocycles. The molecule has 3 amide bonds. The van der Waals surface area contributed by atoms with Crippen LogP contribution in [0.25, 0.3) is 0 Å². The normalized spacial score (nSPS) is 17.9. The van der Waals surface area contributed by atoms with E-state index in [4.69, 9.17) is 0 Å². The predicted octanol–water partition coefficient (Wildman–Crippen LogP) is 1.34. The molecule has 136 valence electrons. The summed E-state index contributed by atoms with van der Waals surface area (Å²) < 4.78 is 0. The number of para-hydroxylation sites is 2. The van der Waals surface area contributed by atoms with E-state index in [0.717, 1.165) is 0 Å². The SMILES string of the molecule is CC(C)C[C@H](NC(=O)N1c2ccccc2NC(=O)[C@@H]1C(C)C)C(=O)[O-]. The van der Waals surface area contributed by atoms with Crippen molar-refractivity contribution in [1.82, 2.24) is 5.32 Å². The predicted molar refractivity (Wildman–Crippen MR) is 93.0 cm³/mol. The van der Waals surface area contributed by atoms with E-state index in [2.05, 4.69) is 10.6 Å². The number of carboxylic acids is 1. The Hall–Kier alpha value is -2.57. The van der Waals surface area contributed by atoms with Gasteiger partial charge in [0.2, 0.25) is 5.91 Å². The van der Waals surface area contributed by atoms with Gasteiger partial charge in [0.1, 0.15) is 6.04 Å². The lowest BCUT2D eigenvalue weighted by atomic mass is 9.97. The van der Waals surface area contributed by atoms with Crippen molar-refractivity contribution in [2.24, 2.45) is 11.8 Å². The number of rotatable bonds is 5. The lowest BCUT2D eigenvalue weighted by Gasteiger charge is -2.39. The van der Waals surface area contributed by atoms with Crippen LogP contribution in [0.15, 0.2) is 24.3 Å². The molecule has 7 nitrogen and oxygen atoms in total. The molecular weight excluding hydrogens is 322 g/mol. The van der Waals surface area contributed by atoms with Crippen molar-refractivity contribution in [3.05, 3.63) is 24.3 Å². The maximum atomic E-state index is 12.9. The molecule has 0 aliphatic carbocycles. The summed E-state index contributed by atoms with van der Waals surface area (Å²) in [7, 11) is 0. The van der Waals surface area contributed by atoms with Crippen molar-refractivity contribution in [2.45, 2.75) is 46.2 Å². The highest BCUT2D eigenvalue weighted by Crippen LogP contribution is 2.34. The van der Waals surface area contributed by atoms with Crippen LogP contribution in [-0.2, 0) is 9.59 Å². The van der Waals surface area contributed by atoms with E-state index in [0.29, 0.717) is 11.4 Å². The largest absolute Gasteiger partial charge is 0.548 e. The molecule has 2 rings (SSSR count). The summed E-state index contributed by atoms with van der Waals surface area (Å²) in [4.78, 5) is 38.0. The second-order valence-corrected chi connectivity index (χ2v) is 7.02. The minimum Gasteiger partial charge on any atom is -0.548 e. The standard InChI is InChI=1S/C18H25N3O4/c1-10(2)9-13(17(23)24)20-18(25)21-14-8-6-5-7-12(14)19-16(22)15(21)11(3)4/h5-8,10-11,13,15H,9H2,1-4H3,(H,19,22)(H,20,25)(H,23,24)/p-1/t13-,15-/m0/s1. The molecule has 1 aromatic carbocycles. The fourth-order valence-corrected chi connectivity index (χ4v) is 3.00. The summed E-state index contributed by atoms with van der Waals surface area (Å²) in [6.45, 7) is 7.40. The second kappa shape index (κ2) is 7.55. The number of hydrogen-bond donors (Lipinski definition) is 2. The molecule has 0 fully saturated rings. The van der Waals surface area contributed by atoms with Gasteiger partial charge in [0, 0.05) is 0 Å². The van der Waals surface area contributed by atoms with E-state index < -0.39 is 24.1 Å². The molecule has 25 heavy (non-hydrogen) atoms. The Morgan fingerprint density at radius 1 is 1.24 bits per heavy atom. The number of benzene rings is 1. The van der Waals surface area contributed by atoms with Gasteiger partial charge in [-0.25, -0.2) is 4.79 Å². The number of nitrogens with zero attached hydrogens (tertiary/aromatic N) is 1. The van der Waals surface area contributed by atoms with Crippen LogP contribution in [0, 0.1) is 11.8 Å². The number of carbonyl (C=O) groups excluding carboxylic acids is 3. The van der Waals surface area contributed by atoms with Gasteiger partial charge in [0.25, 0.3) is 0 Å². The fraction of sp³-hybridized carbons (Fsp3) is 0.500. The summed E-state index contributed by atoms with van der Waals surface area (Å²) in [6.07, 6.45) is 0.252. The highest BCUT2D eigenvalue weighted by molar-refractivity contribution is 6.12. The zero-order chi connectivity index (χ0) is 18.7. The van der Waals surface area contributed by atoms with Gasteiger partial charge in [-0.1, -0.05) is 39.8 Å². The van der Waals surface area contributed by atoms with Gasteiger partial charge >= 0.3 is 6.03 Å². The third kappa shape index (κ3) is 4.10. The summed E-state index contributed by atoms with van der Waals surface area (Å²) in [5.74, 6) is -1.71. The smallest absolute Gasteiger partial charge is 0.323 e. The molecule has 1 aliphatic heterocycles. The van der Waals surface area contributed by atoms with Crippen LogP contribution in [0.2, 0.25) is 0 Å². The molecule has 2 N–H and O–H groups in total. The number of hydrogen-bond acceptors (Lipinski definition) is 4. The lowest BCUT2D eigenvalue weighted by Crippen LogP contribution is -2.60. The molecule has 0 bridgehead atoms. The van der Waals surface area contributed by atoms with E-state index in [1.807, 2.05) is 27.7 Å². The van der Waals surface area contributed by atoms with Gasteiger partial charge in [-0.3, -0.25) is 9.69 Å². The first-order chi connectivity index (χ1) is 11.7. The molecule has 1 aromatic rings. The van der Waals surface area contributed by atoms with Crippen LogP contribution < -0.4 is 20.6 Å². The van der Waals surface area contributed by atoms with Crippen molar-refractivity contribution in [2.75, 3.05) is 10.2 Å². The fourth-order valence-electron chi connectivity index (χ4n) is 3.00. The first-order valence-electron chi connectivity index (χ1n) is 8.42. The second-order valence-electron chi connectivity index (χ2n) is 7.02. The summed E-state index contributed by atoms with van der Waals surface area (Å²) in [6, 6.07) is 4.49. The topological polar surface area (TPSA) is 102 Å². The monoisotopic (exact) mass is 346 g/mol. The molecule has 0 spiro atoms. The molecule has 1 heterocycles. The molecule has 0 unspecified atom stereocenters. The Bertz CT molecular complexity index is 672. The number of fused-ring (bicyclic) bond motifs is 1. The van der Waals surface area contributed by atoms with Crippen LogP contribution >= 0.6 is 0 Å². The first kappa shape index (κ1) is 18.8. The molecule has 0 radical (unpaired) electrons. The zero-order valence-corrected chi connectivity index (χ0v) is 14.9. The van der Waals surface area contributed by atoms with Crippen LogP contribution in [-0.4, -0.2) is 30.0 Å². The van der Waals surface area contributed by atoms with E-state index in [1.54, 1.807) is 24.3 Å². The highest BCUT2D eigenvalue weighted by atomic mass is 16.4. The Morgan fingerprint density at radius 3 is 2.44 bits per heavy atom. The van der Waals surface area contributed by atoms with Gasteiger partial charge in [-0.2, -0.15) is 0 Å². The molecule has 1 aliphatic rings. The van der Waals surface area contributed by atoms with Crippen molar-refractivity contribution >= 4 is 29.3 Å². The lowest BCUT2D eigenvalue weighted by molar-refractivity contribution is -0.308. The van der Waals surface area contributed by atoms with Gasteiger partial charge in [0.05, 0.1) is 23.4 Å². The number of aliphatic carboxylic acids is 1. The number of urea groups is 1. The number of amides is 3. The van der Waals surface area contributed by atoms with Crippen LogP contribution in [0.5, 0.6) is 0 Å². The molecule has 7 heteroatoms. The van der Waals surface area contributed by atoms with Crippen LogP contribution in [0.1, 0.15) is 34.1 Å². The third-order valence-corrected chi connectivity index (χ3v) is 4.11. The minimum absolute atomic E-state index is 0.0704. The maximum Gasteiger partial charge on any atom is 0.323 e. The van der Waals surface area contributed by atoms with Gasteiger partial charge in [-0.15, -0.1) is 0 Å². The van der Waals surface area contributed by atoms with Gasteiger partial charge in [-0.05, 0) is 30.4 Å².